The number of ether oxygens (including phenoxy) is 2. The van der Waals surface area contributed by atoms with Crippen LogP contribution in [0, 0.1) is 23.6 Å². The lowest BCUT2D eigenvalue weighted by Crippen LogP contribution is -2.48. The molecule has 43 heavy (non-hydrogen) atoms. The fourth-order valence-electron chi connectivity index (χ4n) is 5.87. The minimum atomic E-state index is -0.866. The van der Waals surface area contributed by atoms with Crippen molar-refractivity contribution < 1.29 is 28.6 Å². The van der Waals surface area contributed by atoms with Crippen LogP contribution in [0.5, 0.6) is 0 Å². The van der Waals surface area contributed by atoms with Crippen LogP contribution in [0.15, 0.2) is 36.1 Å². The molecule has 10 heteroatoms. The van der Waals surface area contributed by atoms with Gasteiger partial charge < -0.3 is 24.4 Å². The summed E-state index contributed by atoms with van der Waals surface area (Å²) < 4.78 is 28.8. The van der Waals surface area contributed by atoms with E-state index in [0.29, 0.717) is 48.3 Å². The lowest BCUT2D eigenvalue weighted by atomic mass is 9.91. The molecule has 9 nitrogen and oxygen atoms in total. The Balaban J connectivity index is 1.37. The number of piperazine rings is 1. The maximum Gasteiger partial charge on any atom is 0.410 e. The van der Waals surface area contributed by atoms with Gasteiger partial charge in [-0.1, -0.05) is 26.0 Å². The van der Waals surface area contributed by atoms with Crippen LogP contribution in [0.25, 0.3) is 17.0 Å². The first-order valence-electron chi connectivity index (χ1n) is 15.6. The zero-order chi connectivity index (χ0) is 30.7. The van der Waals surface area contributed by atoms with Crippen molar-refractivity contribution in [3.63, 3.8) is 0 Å². The highest BCUT2D eigenvalue weighted by Crippen LogP contribution is 2.32. The zero-order valence-electron chi connectivity index (χ0n) is 25.7. The Morgan fingerprint density at radius 2 is 1.88 bits per heavy atom. The van der Waals surface area contributed by atoms with Gasteiger partial charge >= 0.3 is 12.1 Å². The number of fused-ring (bicyclic) bond motifs is 1. The van der Waals surface area contributed by atoms with Gasteiger partial charge in [0.25, 0.3) is 0 Å². The Kier molecular flexibility index (Phi) is 9.86. The Morgan fingerprint density at radius 1 is 1.14 bits per heavy atom. The summed E-state index contributed by atoms with van der Waals surface area (Å²) in [7, 11) is 2.03. The van der Waals surface area contributed by atoms with Gasteiger partial charge in [0, 0.05) is 44.8 Å². The second kappa shape index (κ2) is 13.6. The molecule has 2 fully saturated rings. The molecule has 0 bridgehead atoms. The molecule has 1 saturated heterocycles. The average molecular weight is 597 g/mol. The maximum absolute atomic E-state index is 15.1. The van der Waals surface area contributed by atoms with Crippen LogP contribution in [-0.2, 0) is 20.8 Å². The van der Waals surface area contributed by atoms with E-state index in [1.165, 1.54) is 18.9 Å². The van der Waals surface area contributed by atoms with Crippen LogP contribution >= 0.6 is 0 Å². The number of rotatable bonds is 5. The molecule has 5 atom stereocenters. The molecule has 1 amide bonds. The Morgan fingerprint density at radius 3 is 2.60 bits per heavy atom. The molecule has 0 radical (unpaired) electrons. The first-order valence-corrected chi connectivity index (χ1v) is 15.6. The van der Waals surface area contributed by atoms with Crippen molar-refractivity contribution in [2.24, 2.45) is 17.8 Å². The summed E-state index contributed by atoms with van der Waals surface area (Å²) in [5.74, 6) is -0.545. The molecule has 0 spiro atoms. The van der Waals surface area contributed by atoms with Crippen molar-refractivity contribution in [3.05, 3.63) is 47.4 Å². The SMILES string of the molecule is C/C(=C\c1cc(F)c2cn(CC3CC3)nc2c1)[C@H]1OC(=O)C[C@H](O)CC[C@H](C)[C@@H](OC(=O)N2CCN(C)CC2)/C=C\[C@@H]1C. The Labute approximate surface area is 253 Å². The van der Waals surface area contributed by atoms with Crippen molar-refractivity contribution in [1.82, 2.24) is 19.6 Å². The lowest BCUT2D eigenvalue weighted by Gasteiger charge is -2.33. The molecular weight excluding hydrogens is 551 g/mol. The molecule has 3 aliphatic rings. The number of aliphatic hydroxyl groups is 1. The number of esters is 1. The quantitative estimate of drug-likeness (QED) is 0.382. The van der Waals surface area contributed by atoms with Gasteiger partial charge in [0.05, 0.1) is 23.4 Å². The highest BCUT2D eigenvalue weighted by molar-refractivity contribution is 5.82. The molecule has 3 heterocycles. The van der Waals surface area contributed by atoms with Crippen molar-refractivity contribution >= 4 is 29.0 Å². The van der Waals surface area contributed by atoms with E-state index in [0.717, 1.165) is 25.2 Å². The van der Waals surface area contributed by atoms with Crippen LogP contribution in [0.3, 0.4) is 0 Å². The highest BCUT2D eigenvalue weighted by Gasteiger charge is 2.29. The second-order valence-electron chi connectivity index (χ2n) is 12.8. The summed E-state index contributed by atoms with van der Waals surface area (Å²) in [5.41, 5.74) is 1.95. The maximum atomic E-state index is 15.1. The van der Waals surface area contributed by atoms with Gasteiger partial charge in [0.2, 0.25) is 0 Å². The Bertz CT molecular complexity index is 1360. The summed E-state index contributed by atoms with van der Waals surface area (Å²) in [4.78, 5) is 29.8. The first-order chi connectivity index (χ1) is 20.5. The number of benzene rings is 1. The minimum absolute atomic E-state index is 0.0607. The largest absolute Gasteiger partial charge is 0.457 e. The molecule has 2 aliphatic heterocycles. The molecule has 1 aliphatic carbocycles. The molecule has 1 aromatic carbocycles. The molecule has 5 rings (SSSR count). The average Bonchev–Trinajstić information content (AvgIpc) is 3.68. The monoisotopic (exact) mass is 596 g/mol. The summed E-state index contributed by atoms with van der Waals surface area (Å²) >= 11 is 0. The second-order valence-corrected chi connectivity index (χ2v) is 12.8. The van der Waals surface area contributed by atoms with Crippen LogP contribution in [0.1, 0.15) is 58.4 Å². The van der Waals surface area contributed by atoms with E-state index in [1.807, 2.05) is 56.8 Å². The zero-order valence-corrected chi connectivity index (χ0v) is 25.7. The fourth-order valence-corrected chi connectivity index (χ4v) is 5.87. The third kappa shape index (κ3) is 8.23. The van der Waals surface area contributed by atoms with Gasteiger partial charge in [-0.05, 0) is 80.8 Å². The first kappa shape index (κ1) is 31.2. The van der Waals surface area contributed by atoms with E-state index in [1.54, 1.807) is 11.1 Å². The van der Waals surface area contributed by atoms with Crippen LogP contribution in [0.4, 0.5) is 9.18 Å². The minimum Gasteiger partial charge on any atom is -0.457 e. The number of aromatic nitrogens is 2. The number of carbonyl (C=O) groups excluding carboxylic acids is 2. The van der Waals surface area contributed by atoms with Gasteiger partial charge in [0.1, 0.15) is 18.0 Å². The summed E-state index contributed by atoms with van der Waals surface area (Å²) in [5, 5.41) is 15.7. The van der Waals surface area contributed by atoms with E-state index < -0.39 is 24.3 Å². The third-order valence-corrected chi connectivity index (χ3v) is 8.89. The number of hydrogen-bond donors (Lipinski definition) is 1. The molecule has 1 N–H and O–H groups in total. The van der Waals surface area contributed by atoms with Crippen LogP contribution in [-0.4, -0.2) is 88.3 Å². The lowest BCUT2D eigenvalue weighted by molar-refractivity contribution is -0.151. The van der Waals surface area contributed by atoms with Crippen LogP contribution in [0.2, 0.25) is 0 Å². The molecule has 0 unspecified atom stereocenters. The van der Waals surface area contributed by atoms with Crippen molar-refractivity contribution in [3.8, 4) is 0 Å². The smallest absolute Gasteiger partial charge is 0.410 e. The standard InChI is InChI=1S/C33H45FN4O5/c1-21-5-9-26(39)18-31(40)43-32(22(2)6-10-30(21)42-33(41)37-13-11-36(4)12-14-37)23(3)15-25-16-28(34)27-20-38(19-24-7-8-24)35-29(27)17-25/h6,10,15-17,20-22,24,26,30,32,39H,5,7-9,11-14,18-19H2,1-4H3/b10-6-,23-15+/t21-,22-,26+,30-,32-/m0/s1. The number of aliphatic hydroxyl groups excluding tert-OH is 1. The number of amides is 1. The van der Waals surface area contributed by atoms with E-state index in [9.17, 15) is 14.7 Å². The van der Waals surface area contributed by atoms with Gasteiger partial charge in [-0.15, -0.1) is 0 Å². The van der Waals surface area contributed by atoms with Gasteiger partial charge in [-0.25, -0.2) is 9.18 Å². The van der Waals surface area contributed by atoms with Gasteiger partial charge in [0.15, 0.2) is 0 Å². The van der Waals surface area contributed by atoms with Crippen molar-refractivity contribution in [2.45, 2.75) is 77.7 Å². The highest BCUT2D eigenvalue weighted by atomic mass is 19.1. The van der Waals surface area contributed by atoms with Gasteiger partial charge in [-0.3, -0.25) is 9.48 Å². The number of hydrogen-bond acceptors (Lipinski definition) is 7. The molecule has 1 aromatic heterocycles. The molecule has 1 saturated carbocycles. The normalized spacial score (nSPS) is 29.1. The van der Waals surface area contributed by atoms with Crippen LogP contribution < -0.4 is 0 Å². The molecule has 234 valence electrons. The Hall–Kier alpha value is -3.24. The number of cyclic esters (lactones) is 1. The fraction of sp³-hybridized carbons (Fsp3) is 0.606. The molecular formula is C33H45FN4O5. The summed E-state index contributed by atoms with van der Waals surface area (Å²) in [6.45, 7) is 9.41. The van der Waals surface area contributed by atoms with E-state index >= 15 is 4.39 Å². The van der Waals surface area contributed by atoms with E-state index in [4.69, 9.17) is 9.47 Å². The number of carbonyl (C=O) groups is 2. The van der Waals surface area contributed by atoms with Crippen molar-refractivity contribution in [2.75, 3.05) is 33.2 Å². The van der Waals surface area contributed by atoms with E-state index in [-0.39, 0.29) is 30.2 Å². The predicted octanol–water partition coefficient (Wildman–Crippen LogP) is 5.03. The van der Waals surface area contributed by atoms with Crippen molar-refractivity contribution in [1.29, 1.82) is 0 Å². The topological polar surface area (TPSA) is 97.1 Å². The summed E-state index contributed by atoms with van der Waals surface area (Å²) in [6, 6.07) is 3.33. The summed E-state index contributed by atoms with van der Waals surface area (Å²) in [6.07, 6.45) is 8.24. The number of likely N-dealkylation sites (N-methyl/N-ethyl adjacent to an activating group) is 1. The predicted molar refractivity (Wildman–Crippen MR) is 163 cm³/mol. The third-order valence-electron chi connectivity index (χ3n) is 8.89. The van der Waals surface area contributed by atoms with E-state index in [2.05, 4.69) is 10.00 Å². The number of nitrogens with zero attached hydrogens (tertiary/aromatic N) is 4. The number of halogens is 1. The molecule has 2 aromatic rings. The van der Waals surface area contributed by atoms with Gasteiger partial charge in [-0.2, -0.15) is 5.10 Å².